The first-order chi connectivity index (χ1) is 16.5. The molecule has 4 atom stereocenters. The van der Waals surface area contributed by atoms with E-state index in [1.54, 1.807) is 7.11 Å². The van der Waals surface area contributed by atoms with Crippen LogP contribution in [0.1, 0.15) is 65.4 Å². The summed E-state index contributed by atoms with van der Waals surface area (Å²) in [6.45, 7) is 11.6. The van der Waals surface area contributed by atoms with Gasteiger partial charge < -0.3 is 19.1 Å². The summed E-state index contributed by atoms with van der Waals surface area (Å²) in [7, 11) is 1.72. The number of ether oxygens (including phenoxy) is 2. The van der Waals surface area contributed by atoms with Crippen LogP contribution in [0.4, 0.5) is 0 Å². The highest BCUT2D eigenvalue weighted by Crippen LogP contribution is 2.69. The van der Waals surface area contributed by atoms with Crippen molar-refractivity contribution in [3.05, 3.63) is 58.9 Å². The Labute approximate surface area is 200 Å². The van der Waals surface area contributed by atoms with Gasteiger partial charge in [-0.15, -0.1) is 0 Å². The van der Waals surface area contributed by atoms with Crippen LogP contribution in [0.3, 0.4) is 0 Å². The Morgan fingerprint density at radius 3 is 2.91 bits per heavy atom. The van der Waals surface area contributed by atoms with E-state index >= 15 is 0 Å². The summed E-state index contributed by atoms with van der Waals surface area (Å²) in [4.78, 5) is 2.62. The summed E-state index contributed by atoms with van der Waals surface area (Å²) >= 11 is 0. The molecule has 8 rings (SSSR count). The van der Waals surface area contributed by atoms with E-state index in [1.807, 2.05) is 6.08 Å². The molecule has 34 heavy (non-hydrogen) atoms. The summed E-state index contributed by atoms with van der Waals surface area (Å²) in [5.74, 6) is 2.44. The topological polar surface area (TPSA) is 46.9 Å². The van der Waals surface area contributed by atoms with Crippen LogP contribution >= 0.6 is 0 Å². The molecule has 4 heterocycles. The highest BCUT2D eigenvalue weighted by molar-refractivity contribution is 5.78. The Bertz CT molecular complexity index is 1300. The Morgan fingerprint density at radius 1 is 1.29 bits per heavy atom. The van der Waals surface area contributed by atoms with Crippen LogP contribution < -0.4 is 9.47 Å². The predicted molar refractivity (Wildman–Crippen MR) is 131 cm³/mol. The third-order valence-electron chi connectivity index (χ3n) is 10.0. The molecule has 0 radical (unpaired) electrons. The number of aliphatic hydroxyl groups is 1. The average Bonchev–Trinajstić information content (AvgIpc) is 3.35. The summed E-state index contributed by atoms with van der Waals surface area (Å²) in [5, 5.41) is 13.0. The summed E-state index contributed by atoms with van der Waals surface area (Å²) in [6, 6.07) is 4.39. The van der Waals surface area contributed by atoms with Gasteiger partial charge in [-0.3, -0.25) is 4.90 Å². The number of hydrogen-bond donors (Lipinski definition) is 1. The fraction of sp³-hybridized carbons (Fsp3) is 0.517. The lowest BCUT2D eigenvalue weighted by atomic mass is 9.49. The lowest BCUT2D eigenvalue weighted by Crippen LogP contribution is -2.74. The van der Waals surface area contributed by atoms with Gasteiger partial charge in [-0.2, -0.15) is 0 Å². The standard InChI is InChI=1S/C29H32N2O3/c1-4-19-20-14-29(32)22-13-18-7-8-21(33-3)26-23(18)28(29,10-12-30(22)15-17-5-6-17)27(34-26)25(20)31-11-9-16(2)24(19)31/h4,7-8,17,22,27,32H,1-2,5-6,9-15H2,3H3/t22-,27+,28+,29-/m1/s1. The van der Waals surface area contributed by atoms with Gasteiger partial charge in [-0.25, -0.2) is 0 Å². The van der Waals surface area contributed by atoms with Crippen molar-refractivity contribution in [3.8, 4) is 11.5 Å². The molecule has 5 heteroatoms. The van der Waals surface area contributed by atoms with E-state index in [9.17, 15) is 5.11 Å². The minimum absolute atomic E-state index is 0.101. The van der Waals surface area contributed by atoms with Gasteiger partial charge in [0.25, 0.3) is 0 Å². The first kappa shape index (κ1) is 19.8. The number of piperidine rings is 1. The van der Waals surface area contributed by atoms with Crippen molar-refractivity contribution in [2.45, 2.75) is 68.2 Å². The summed E-state index contributed by atoms with van der Waals surface area (Å²) in [5.41, 5.74) is 7.22. The van der Waals surface area contributed by atoms with E-state index in [2.05, 4.69) is 34.8 Å². The van der Waals surface area contributed by atoms with Gasteiger partial charge in [0.2, 0.25) is 0 Å². The highest BCUT2D eigenvalue weighted by Gasteiger charge is 2.73. The van der Waals surface area contributed by atoms with Crippen molar-refractivity contribution < 1.29 is 14.6 Å². The molecule has 176 valence electrons. The average molecular weight is 457 g/mol. The lowest BCUT2D eigenvalue weighted by molar-refractivity contribution is -0.173. The zero-order valence-electron chi connectivity index (χ0n) is 19.9. The molecule has 2 bridgehead atoms. The van der Waals surface area contributed by atoms with Gasteiger partial charge >= 0.3 is 0 Å². The molecule has 2 aromatic rings. The predicted octanol–water partition coefficient (Wildman–Crippen LogP) is 4.26. The van der Waals surface area contributed by atoms with E-state index in [1.165, 1.54) is 46.5 Å². The van der Waals surface area contributed by atoms with Crippen molar-refractivity contribution in [3.63, 3.8) is 0 Å². The van der Waals surface area contributed by atoms with Gasteiger partial charge in [0.05, 0.1) is 29.5 Å². The molecule has 1 aromatic carbocycles. The second kappa shape index (κ2) is 6.19. The zero-order chi connectivity index (χ0) is 23.0. The monoisotopic (exact) mass is 456 g/mol. The number of aromatic nitrogens is 1. The molecular formula is C29H32N2O3. The van der Waals surface area contributed by atoms with Crippen molar-refractivity contribution in [2.24, 2.45) is 5.92 Å². The van der Waals surface area contributed by atoms with Gasteiger partial charge in [0, 0.05) is 36.7 Å². The third-order valence-corrected chi connectivity index (χ3v) is 10.0. The Hall–Kier alpha value is -2.50. The summed E-state index contributed by atoms with van der Waals surface area (Å²) in [6.07, 6.45) is 7.82. The van der Waals surface area contributed by atoms with Gasteiger partial charge in [-0.05, 0) is 67.3 Å². The molecule has 1 saturated heterocycles. The molecule has 6 aliphatic rings. The molecule has 1 aromatic heterocycles. The molecule has 1 saturated carbocycles. The van der Waals surface area contributed by atoms with E-state index < -0.39 is 11.0 Å². The number of nitrogens with zero attached hydrogens (tertiary/aromatic N) is 2. The first-order valence-electron chi connectivity index (χ1n) is 12.9. The molecule has 3 aliphatic heterocycles. The van der Waals surface area contributed by atoms with E-state index in [0.29, 0.717) is 6.42 Å². The van der Waals surface area contributed by atoms with E-state index in [4.69, 9.17) is 9.47 Å². The normalized spacial score (nSPS) is 34.4. The molecule has 5 nitrogen and oxygen atoms in total. The minimum Gasteiger partial charge on any atom is -0.493 e. The van der Waals surface area contributed by atoms with Crippen LogP contribution in [0.25, 0.3) is 11.6 Å². The fourth-order valence-electron chi connectivity index (χ4n) is 8.47. The van der Waals surface area contributed by atoms with Crippen molar-refractivity contribution in [1.29, 1.82) is 0 Å². The van der Waals surface area contributed by atoms with E-state index in [-0.39, 0.29) is 12.1 Å². The summed E-state index contributed by atoms with van der Waals surface area (Å²) < 4.78 is 15.2. The maximum atomic E-state index is 13.0. The Kier molecular flexibility index (Phi) is 3.60. The number of methoxy groups -OCH3 is 1. The number of allylic oxidation sites excluding steroid dienone is 1. The second-order valence-corrected chi connectivity index (χ2v) is 11.4. The molecular weight excluding hydrogens is 424 g/mol. The SMILES string of the molecule is C=Cc1c2c(n3c1C(=C)CC3)[C@@H]1Oc3c(OC)ccc4c3[C@@]13CCN(CC1CC1)[C@H](C4)[C@]3(O)C2. The molecule has 1 spiro atoms. The van der Waals surface area contributed by atoms with Crippen LogP contribution in [-0.2, 0) is 24.8 Å². The van der Waals surface area contributed by atoms with Crippen LogP contribution in [-0.4, -0.2) is 46.4 Å². The highest BCUT2D eigenvalue weighted by atomic mass is 16.5. The Balaban J connectivity index is 1.42. The minimum atomic E-state index is -0.885. The number of hydrogen-bond acceptors (Lipinski definition) is 4. The van der Waals surface area contributed by atoms with Crippen molar-refractivity contribution in [2.75, 3.05) is 20.2 Å². The second-order valence-electron chi connectivity index (χ2n) is 11.4. The smallest absolute Gasteiger partial charge is 0.166 e. The quantitative estimate of drug-likeness (QED) is 0.747. The van der Waals surface area contributed by atoms with E-state index in [0.717, 1.165) is 61.9 Å². The maximum absolute atomic E-state index is 13.0. The van der Waals surface area contributed by atoms with Gasteiger partial charge in [0.15, 0.2) is 17.6 Å². The first-order valence-corrected chi connectivity index (χ1v) is 12.9. The molecule has 1 N–H and O–H groups in total. The molecule has 0 amide bonds. The molecule has 2 fully saturated rings. The van der Waals surface area contributed by atoms with Gasteiger partial charge in [0.1, 0.15) is 0 Å². The van der Waals surface area contributed by atoms with Crippen LogP contribution in [0.5, 0.6) is 11.5 Å². The zero-order valence-corrected chi connectivity index (χ0v) is 19.9. The van der Waals surface area contributed by atoms with Gasteiger partial charge in [-0.1, -0.05) is 25.3 Å². The lowest BCUT2D eigenvalue weighted by Gasteiger charge is -2.63. The largest absolute Gasteiger partial charge is 0.493 e. The van der Waals surface area contributed by atoms with Crippen LogP contribution in [0.15, 0.2) is 25.3 Å². The number of benzene rings is 1. The number of likely N-dealkylation sites (tertiary alicyclic amines) is 1. The molecule has 0 unspecified atom stereocenters. The molecule has 3 aliphatic carbocycles. The number of fused-ring (bicyclic) bond motifs is 4. The third kappa shape index (κ3) is 2.04. The fourth-order valence-corrected chi connectivity index (χ4v) is 8.47. The Morgan fingerprint density at radius 2 is 2.15 bits per heavy atom. The van der Waals surface area contributed by atoms with Crippen LogP contribution in [0, 0.1) is 5.92 Å². The van der Waals surface area contributed by atoms with Crippen LogP contribution in [0.2, 0.25) is 0 Å². The number of rotatable bonds is 4. The maximum Gasteiger partial charge on any atom is 0.166 e. The van der Waals surface area contributed by atoms with Crippen molar-refractivity contribution in [1.82, 2.24) is 9.47 Å². The van der Waals surface area contributed by atoms with Crippen molar-refractivity contribution >= 4 is 11.6 Å².